The number of methoxy groups -OCH3 is 1. The standard InChI is InChI=1S/C23H26ClN3O4/c1-26(16-17-8-5-6-11-25-17)20(28)14-23(18-9-3-4-10-19(18)24)15-21(29)27(22(23)30)12-7-13-31-2/h3-6,8-11H,7,12-16H2,1-2H3. The Bertz CT molecular complexity index is 953. The molecular weight excluding hydrogens is 418 g/mol. The summed E-state index contributed by atoms with van der Waals surface area (Å²) in [6, 6.07) is 12.4. The van der Waals surface area contributed by atoms with Crippen LogP contribution in [0, 0.1) is 0 Å². The number of carbonyl (C=O) groups is 3. The maximum absolute atomic E-state index is 13.5. The zero-order valence-electron chi connectivity index (χ0n) is 17.7. The Morgan fingerprint density at radius 1 is 1.23 bits per heavy atom. The van der Waals surface area contributed by atoms with Crippen molar-refractivity contribution in [1.29, 1.82) is 0 Å². The average Bonchev–Trinajstić information content (AvgIpc) is 2.99. The molecule has 8 heteroatoms. The smallest absolute Gasteiger partial charge is 0.240 e. The van der Waals surface area contributed by atoms with Gasteiger partial charge in [0.2, 0.25) is 17.7 Å². The van der Waals surface area contributed by atoms with Crippen LogP contribution in [0.4, 0.5) is 0 Å². The number of ether oxygens (including phenoxy) is 1. The molecule has 7 nitrogen and oxygen atoms in total. The molecule has 1 saturated heterocycles. The zero-order valence-corrected chi connectivity index (χ0v) is 18.5. The monoisotopic (exact) mass is 443 g/mol. The molecule has 0 saturated carbocycles. The first-order valence-corrected chi connectivity index (χ1v) is 10.5. The summed E-state index contributed by atoms with van der Waals surface area (Å²) in [5.41, 5.74) is -0.0817. The normalized spacial score (nSPS) is 18.5. The third-order valence-corrected chi connectivity index (χ3v) is 5.86. The number of hydrogen-bond donors (Lipinski definition) is 0. The molecule has 1 aliphatic rings. The van der Waals surface area contributed by atoms with Gasteiger partial charge in [-0.2, -0.15) is 0 Å². The van der Waals surface area contributed by atoms with Crippen molar-refractivity contribution in [3.63, 3.8) is 0 Å². The zero-order chi connectivity index (χ0) is 22.4. The van der Waals surface area contributed by atoms with E-state index in [4.69, 9.17) is 16.3 Å². The lowest BCUT2D eigenvalue weighted by Gasteiger charge is -2.30. The van der Waals surface area contributed by atoms with Gasteiger partial charge in [-0.1, -0.05) is 35.9 Å². The second kappa shape index (κ2) is 10.0. The van der Waals surface area contributed by atoms with Gasteiger partial charge in [0.1, 0.15) is 0 Å². The van der Waals surface area contributed by atoms with Crippen LogP contribution in [-0.4, -0.2) is 59.8 Å². The molecule has 0 N–H and O–H groups in total. The van der Waals surface area contributed by atoms with Gasteiger partial charge < -0.3 is 9.64 Å². The Morgan fingerprint density at radius 3 is 2.65 bits per heavy atom. The summed E-state index contributed by atoms with van der Waals surface area (Å²) >= 11 is 6.44. The highest BCUT2D eigenvalue weighted by molar-refractivity contribution is 6.32. The molecule has 164 valence electrons. The number of pyridine rings is 1. The summed E-state index contributed by atoms with van der Waals surface area (Å²) in [7, 11) is 3.23. The number of likely N-dealkylation sites (tertiary alicyclic amines) is 1. The summed E-state index contributed by atoms with van der Waals surface area (Å²) in [6.45, 7) is 0.982. The van der Waals surface area contributed by atoms with E-state index in [0.717, 1.165) is 5.69 Å². The predicted octanol–water partition coefficient (Wildman–Crippen LogP) is 2.82. The van der Waals surface area contributed by atoms with Crippen LogP contribution in [0.15, 0.2) is 48.7 Å². The minimum absolute atomic E-state index is 0.0916. The second-order valence-electron chi connectivity index (χ2n) is 7.68. The molecule has 0 bridgehead atoms. The average molecular weight is 444 g/mol. The fourth-order valence-electron chi connectivity index (χ4n) is 3.90. The van der Waals surface area contributed by atoms with Crippen molar-refractivity contribution in [1.82, 2.24) is 14.8 Å². The molecule has 0 radical (unpaired) electrons. The van der Waals surface area contributed by atoms with Gasteiger partial charge in [-0.15, -0.1) is 0 Å². The van der Waals surface area contributed by atoms with E-state index >= 15 is 0 Å². The first-order chi connectivity index (χ1) is 14.9. The van der Waals surface area contributed by atoms with E-state index in [1.165, 1.54) is 9.80 Å². The van der Waals surface area contributed by atoms with E-state index in [-0.39, 0.29) is 37.1 Å². The molecule has 3 amide bonds. The minimum atomic E-state index is -1.32. The molecule has 2 aromatic rings. The van der Waals surface area contributed by atoms with E-state index in [1.807, 2.05) is 12.1 Å². The molecule has 1 unspecified atom stereocenters. The van der Waals surface area contributed by atoms with Crippen LogP contribution in [0.2, 0.25) is 5.02 Å². The molecule has 2 heterocycles. The Balaban J connectivity index is 1.89. The van der Waals surface area contributed by atoms with E-state index in [2.05, 4.69) is 4.98 Å². The fourth-order valence-corrected chi connectivity index (χ4v) is 4.22. The number of amides is 3. The number of imide groups is 1. The van der Waals surface area contributed by atoms with E-state index < -0.39 is 5.41 Å². The number of halogens is 1. The SMILES string of the molecule is COCCCN1C(=O)CC(CC(=O)N(C)Cc2ccccn2)(c2ccccc2Cl)C1=O. The van der Waals surface area contributed by atoms with Gasteiger partial charge in [-0.05, 0) is 30.2 Å². The highest BCUT2D eigenvalue weighted by atomic mass is 35.5. The number of hydrogen-bond acceptors (Lipinski definition) is 5. The lowest BCUT2D eigenvalue weighted by Crippen LogP contribution is -2.43. The maximum Gasteiger partial charge on any atom is 0.240 e. The topological polar surface area (TPSA) is 79.8 Å². The van der Waals surface area contributed by atoms with Crippen LogP contribution in [-0.2, 0) is 31.1 Å². The van der Waals surface area contributed by atoms with Gasteiger partial charge in [0.15, 0.2) is 0 Å². The molecule has 1 aromatic carbocycles. The third kappa shape index (κ3) is 4.94. The molecule has 0 aliphatic carbocycles. The first kappa shape index (κ1) is 22.9. The molecule has 31 heavy (non-hydrogen) atoms. The van der Waals surface area contributed by atoms with Gasteiger partial charge in [0, 0.05) is 51.4 Å². The van der Waals surface area contributed by atoms with Crippen molar-refractivity contribution in [3.8, 4) is 0 Å². The molecule has 0 spiro atoms. The Labute approximate surface area is 187 Å². The van der Waals surface area contributed by atoms with Gasteiger partial charge >= 0.3 is 0 Å². The number of rotatable bonds is 9. The van der Waals surface area contributed by atoms with Crippen molar-refractivity contribution in [2.24, 2.45) is 0 Å². The van der Waals surface area contributed by atoms with Crippen molar-refractivity contribution < 1.29 is 19.1 Å². The van der Waals surface area contributed by atoms with Gasteiger partial charge in [0.05, 0.1) is 17.7 Å². The Hall–Kier alpha value is -2.77. The van der Waals surface area contributed by atoms with Crippen LogP contribution in [0.1, 0.15) is 30.5 Å². The largest absolute Gasteiger partial charge is 0.385 e. The third-order valence-electron chi connectivity index (χ3n) is 5.53. The van der Waals surface area contributed by atoms with Crippen LogP contribution in [0.25, 0.3) is 0 Å². The second-order valence-corrected chi connectivity index (χ2v) is 8.09. The van der Waals surface area contributed by atoms with Gasteiger partial charge in [0.25, 0.3) is 0 Å². The minimum Gasteiger partial charge on any atom is -0.385 e. The van der Waals surface area contributed by atoms with Gasteiger partial charge in [-0.3, -0.25) is 24.3 Å². The summed E-state index contributed by atoms with van der Waals surface area (Å²) in [6.07, 6.45) is 1.95. The van der Waals surface area contributed by atoms with Gasteiger partial charge in [-0.25, -0.2) is 0 Å². The summed E-state index contributed by atoms with van der Waals surface area (Å²) < 4.78 is 5.04. The number of benzene rings is 1. The summed E-state index contributed by atoms with van der Waals surface area (Å²) in [4.78, 5) is 46.5. The molecule has 3 rings (SSSR count). The highest BCUT2D eigenvalue weighted by Gasteiger charge is 2.54. The molecule has 1 fully saturated rings. The fraction of sp³-hybridized carbons (Fsp3) is 0.391. The van der Waals surface area contributed by atoms with Crippen molar-refractivity contribution >= 4 is 29.3 Å². The number of nitrogens with zero attached hydrogens (tertiary/aromatic N) is 3. The molecule has 1 aliphatic heterocycles. The quantitative estimate of drug-likeness (QED) is 0.440. The first-order valence-electron chi connectivity index (χ1n) is 10.1. The van der Waals surface area contributed by atoms with Crippen LogP contribution in [0.5, 0.6) is 0 Å². The maximum atomic E-state index is 13.5. The van der Waals surface area contributed by atoms with E-state index in [0.29, 0.717) is 30.2 Å². The van der Waals surface area contributed by atoms with Crippen LogP contribution >= 0.6 is 11.6 Å². The lowest BCUT2D eigenvalue weighted by molar-refractivity contribution is -0.142. The Kier molecular flexibility index (Phi) is 7.41. The van der Waals surface area contributed by atoms with Crippen LogP contribution in [0.3, 0.4) is 0 Å². The summed E-state index contributed by atoms with van der Waals surface area (Å²) in [5, 5.41) is 0.363. The molecular formula is C23H26ClN3O4. The molecule has 1 atom stereocenters. The highest BCUT2D eigenvalue weighted by Crippen LogP contribution is 2.43. The van der Waals surface area contributed by atoms with Crippen molar-refractivity contribution in [2.75, 3.05) is 27.3 Å². The Morgan fingerprint density at radius 2 is 1.97 bits per heavy atom. The number of aromatic nitrogens is 1. The molecule has 1 aromatic heterocycles. The van der Waals surface area contributed by atoms with Crippen molar-refractivity contribution in [3.05, 3.63) is 64.9 Å². The lowest BCUT2D eigenvalue weighted by atomic mass is 9.75. The predicted molar refractivity (Wildman–Crippen MR) is 116 cm³/mol. The van der Waals surface area contributed by atoms with E-state index in [9.17, 15) is 14.4 Å². The summed E-state index contributed by atoms with van der Waals surface area (Å²) in [5.74, 6) is -0.951. The van der Waals surface area contributed by atoms with Crippen molar-refractivity contribution in [2.45, 2.75) is 31.2 Å². The van der Waals surface area contributed by atoms with Crippen LogP contribution < -0.4 is 0 Å². The van der Waals surface area contributed by atoms with E-state index in [1.54, 1.807) is 50.7 Å². The number of carbonyl (C=O) groups excluding carboxylic acids is 3.